The molecule has 0 atom stereocenters. The van der Waals surface area contributed by atoms with Gasteiger partial charge >= 0.3 is 137 Å². The van der Waals surface area contributed by atoms with Crippen molar-refractivity contribution in [3.05, 3.63) is 151 Å². The largest absolute Gasteiger partial charge is 0.0622 e. The molecule has 0 amide bonds. The van der Waals surface area contributed by atoms with Crippen LogP contribution < -0.4 is 15.9 Å². The van der Waals surface area contributed by atoms with Crippen LogP contribution in [0.25, 0.3) is 28.1 Å². The van der Waals surface area contributed by atoms with E-state index in [0.29, 0.717) is 0 Å². The Hall–Kier alpha value is -1.46. The predicted molar refractivity (Wildman–Crippen MR) is 298 cm³/mol. The molecule has 0 spiro atoms. The molecule has 4 heterocycles. The molecular weight excluding hydrogens is 1270 g/mol. The zero-order chi connectivity index (χ0) is 53.3. The number of pyridine rings is 2. The van der Waals surface area contributed by atoms with Gasteiger partial charge in [-0.3, -0.25) is 0 Å². The smallest absolute Gasteiger partial charge is 0.0134 e. The number of benzene rings is 3. The molecule has 62 heavy (non-hydrogen) atoms. The standard InChI is InChI=1S/C18H15P.C9H8BrN3.C7H5BrIN3.3C4H9.C2H3.2ClH.Pd.Sn.5H2/c1-4-10-16(11-5-1)19(17-12-6-2-7-13-17)18-14-8-3-9-15-18;1-3-8-7-4-6(10)5-11-9(7)13(2)12-8;1-12-7-5(6(9)11-12)2-4(8)3-10-7;3*1-3-4-2;1-2;;;;;;;;;/h1-15H;3-5H,1H2,2H3;2-3H,1H3;3*1,3-4H2,2H3;1H,2H2;2*1H;;;5*1H/q;;;;;;;;;+2;;;;;;/p-2/i;;;;;;;;;;;4*1+1D;1+1. The fourth-order valence-corrected chi connectivity index (χ4v) is 23.4. The van der Waals surface area contributed by atoms with Crippen LogP contribution in [0.1, 0.15) is 78.3 Å². The van der Waals surface area contributed by atoms with Crippen molar-refractivity contribution in [1.82, 2.24) is 29.5 Å². The summed E-state index contributed by atoms with van der Waals surface area (Å²) in [7, 11) is 12.9. The molecule has 0 aliphatic carbocycles. The summed E-state index contributed by atoms with van der Waals surface area (Å²) in [6.07, 6.45) is 13.7. The Morgan fingerprint density at radius 2 is 1.06 bits per heavy atom. The Bertz CT molecular complexity index is 2280. The Kier molecular flexibility index (Phi) is 24.0. The van der Waals surface area contributed by atoms with Crippen LogP contribution in [0, 0.1) is 3.70 Å². The summed E-state index contributed by atoms with van der Waals surface area (Å²) in [5.41, 5.74) is 2.66. The van der Waals surface area contributed by atoms with E-state index in [1.165, 1.54) is 54.4 Å². The van der Waals surface area contributed by atoms with Gasteiger partial charge in [-0.2, -0.15) is 10.2 Å². The molecule has 3 aromatic carbocycles. The number of nitrogens with zero attached hydrogens (tertiary/aromatic N) is 6. The molecule has 6 nitrogen and oxygen atoms in total. The summed E-state index contributed by atoms with van der Waals surface area (Å²) in [6, 6.07) is 36.3. The van der Waals surface area contributed by atoms with Crippen LogP contribution in [0.5, 0.6) is 0 Å². The maximum absolute atomic E-state index is 5.00. The van der Waals surface area contributed by atoms with E-state index in [4.69, 9.17) is 30.9 Å². The molecule has 344 valence electrons. The minimum absolute atomic E-state index is 0. The molecule has 0 bridgehead atoms. The normalized spacial score (nSPS) is 11.3. The fraction of sp³-hybridized carbons (Fsp3) is 0.292. The van der Waals surface area contributed by atoms with Crippen LogP contribution in [-0.4, -0.2) is 47.9 Å². The number of aromatic nitrogens is 6. The van der Waals surface area contributed by atoms with E-state index in [-0.39, 0.29) is 17.4 Å². The number of aryl methyl sites for hydroxylation is 2. The van der Waals surface area contributed by atoms with Crippen LogP contribution in [0.3, 0.4) is 0 Å². The summed E-state index contributed by atoms with van der Waals surface area (Å²) in [5.74, 6) is 0. The Labute approximate surface area is 436 Å². The van der Waals surface area contributed by atoms with Crippen LogP contribution in [0.2, 0.25) is 13.3 Å². The predicted octanol–water partition coefficient (Wildman–Crippen LogP) is 16.3. The number of hydrogen-bond donors (Lipinski definition) is 0. The van der Waals surface area contributed by atoms with Crippen LogP contribution in [-0.2, 0) is 30.0 Å². The SMILES string of the molecule is C=Cc1nn(C)c2ncc(Br)cc12.C=[CH][Sn]([CH2]CCC)([CH2]CCC)[CH2]CCC.Cn1nc(I)c2cc(Br)cnc21.[2HH].[2H][2H].[2H][2H].[2H][2H].[2H][2H].[Cl][Pd][Cl].c1ccc(P(c2ccccc2)c2ccccc2)cc1. The molecule has 0 saturated heterocycles. The number of fused-ring (bicyclic) bond motifs is 2. The van der Waals surface area contributed by atoms with Gasteiger partial charge in [-0.25, -0.2) is 19.3 Å². The minimum Gasteiger partial charge on any atom is -0.0622 e. The molecule has 0 radical (unpaired) electrons. The first-order chi connectivity index (χ1) is 34.0. The van der Waals surface area contributed by atoms with Gasteiger partial charge in [0.1, 0.15) is 3.70 Å². The number of rotatable bonds is 14. The van der Waals surface area contributed by atoms with Crippen molar-refractivity contribution in [2.24, 2.45) is 14.1 Å². The molecule has 0 aliphatic heterocycles. The van der Waals surface area contributed by atoms with Crippen LogP contribution >= 0.6 is 81.4 Å². The fourth-order valence-electron chi connectivity index (χ4n) is 6.81. The van der Waals surface area contributed by atoms with E-state index in [1.807, 2.05) is 26.2 Å². The van der Waals surface area contributed by atoms with Gasteiger partial charge in [-0.05, 0) is 96.5 Å². The van der Waals surface area contributed by atoms with Crippen LogP contribution in [0.4, 0.5) is 0 Å². The molecule has 4 aromatic heterocycles. The second-order valence-corrected chi connectivity index (χ2v) is 35.1. The topological polar surface area (TPSA) is 61.4 Å². The molecule has 0 saturated carbocycles. The minimum atomic E-state index is -1.85. The van der Waals surface area contributed by atoms with E-state index in [1.54, 1.807) is 41.1 Å². The summed E-state index contributed by atoms with van der Waals surface area (Å²) in [6.45, 7) is 14.8. The van der Waals surface area contributed by atoms with Gasteiger partial charge in [-0.15, -0.1) is 0 Å². The van der Waals surface area contributed by atoms with Crippen molar-refractivity contribution in [2.45, 2.75) is 72.6 Å². The van der Waals surface area contributed by atoms with E-state index < -0.39 is 26.3 Å². The van der Waals surface area contributed by atoms with Gasteiger partial charge in [0.25, 0.3) is 0 Å². The first-order valence-electron chi connectivity index (χ1n) is 24.7. The molecule has 0 N–H and O–H groups in total. The third-order valence-corrected chi connectivity index (χ3v) is 28.2. The summed E-state index contributed by atoms with van der Waals surface area (Å²) in [4.78, 5) is 8.50. The van der Waals surface area contributed by atoms with E-state index in [9.17, 15) is 0 Å². The quantitative estimate of drug-likeness (QED) is 0.0618. The molecular formula is C48H68Br2Cl2IN6PPdSn. The second-order valence-electron chi connectivity index (χ2n) is 14.4. The molecule has 0 unspecified atom stereocenters. The van der Waals surface area contributed by atoms with Gasteiger partial charge < -0.3 is 0 Å². The van der Waals surface area contributed by atoms with Gasteiger partial charge in [0.2, 0.25) is 0 Å². The van der Waals surface area contributed by atoms with E-state index >= 15 is 0 Å². The Balaban J connectivity index is -0.000000818. The number of unbranched alkanes of at least 4 members (excludes halogenated alkanes) is 3. The zero-order valence-electron chi connectivity index (χ0n) is 44.2. The average Bonchev–Trinajstić information content (AvgIpc) is 3.89. The molecule has 7 aromatic rings. The zero-order valence-corrected chi connectivity index (χ0v) is 48.4. The van der Waals surface area contributed by atoms with E-state index in [0.717, 1.165) is 40.4 Å². The van der Waals surface area contributed by atoms with Gasteiger partial charge in [0.15, 0.2) is 11.3 Å². The average molecular weight is 1350 g/mol. The van der Waals surface area contributed by atoms with Gasteiger partial charge in [-0.1, -0.05) is 97.6 Å². The van der Waals surface area contributed by atoms with Crippen molar-refractivity contribution in [2.75, 3.05) is 0 Å². The first kappa shape index (κ1) is 48.5. The molecule has 14 heteroatoms. The summed E-state index contributed by atoms with van der Waals surface area (Å²) in [5, 5.41) is 14.8. The third-order valence-electron chi connectivity index (χ3n) is 10.0. The Morgan fingerprint density at radius 3 is 1.44 bits per heavy atom. The maximum Gasteiger partial charge on any atom is -0.0134 e. The van der Waals surface area contributed by atoms with Crippen LogP contribution in [0.15, 0.2) is 142 Å². The van der Waals surface area contributed by atoms with Crippen molar-refractivity contribution in [3.8, 4) is 0 Å². The van der Waals surface area contributed by atoms with Crippen molar-refractivity contribution < 1.29 is 29.2 Å². The Morgan fingerprint density at radius 1 is 0.694 bits per heavy atom. The van der Waals surface area contributed by atoms with Gasteiger partial charge in [0, 0.05) is 54.1 Å². The summed E-state index contributed by atoms with van der Waals surface area (Å²) < 4.78 is 53.6. The van der Waals surface area contributed by atoms with Crippen molar-refractivity contribution in [1.29, 1.82) is 0 Å². The molecule has 0 aliphatic rings. The van der Waals surface area contributed by atoms with E-state index in [2.05, 4.69) is 204 Å². The third kappa shape index (κ3) is 17.7. The van der Waals surface area contributed by atoms with Crippen molar-refractivity contribution >= 4 is 144 Å². The monoisotopic (exact) mass is 1350 g/mol. The first-order valence-corrected chi connectivity index (χ1v) is 36.4. The van der Waals surface area contributed by atoms with Gasteiger partial charge in [0.05, 0.1) is 11.1 Å². The maximum atomic E-state index is 5.00. The number of hydrogen-bond acceptors (Lipinski definition) is 4. The molecule has 7 rings (SSSR count). The summed E-state index contributed by atoms with van der Waals surface area (Å²) >= 11 is 6.99. The number of halogens is 5. The van der Waals surface area contributed by atoms with Crippen molar-refractivity contribution in [3.63, 3.8) is 0 Å². The molecule has 0 fully saturated rings. The second kappa shape index (κ2) is 30.7.